The standard InChI is InChI=1S/C21H16ClF7N2O/c1-10(2)30-17-16-13(5-4-6-14(16)22)18(32)31(17)15-8-7-12(9-11(15)3)19(23,20(24,25)26)21(27,28)29/h4-10H,1-3H3/b30-17+. The second kappa shape index (κ2) is 7.75. The Bertz CT molecular complexity index is 1090. The van der Waals surface area contributed by atoms with Gasteiger partial charge in [0.1, 0.15) is 5.84 Å². The third kappa shape index (κ3) is 3.64. The molecule has 0 unspecified atom stereocenters. The lowest BCUT2D eigenvalue weighted by atomic mass is 9.92. The van der Waals surface area contributed by atoms with E-state index in [-0.39, 0.29) is 33.7 Å². The first kappa shape index (κ1) is 24.0. The summed E-state index contributed by atoms with van der Waals surface area (Å²) >= 11 is 6.23. The Kier molecular flexibility index (Phi) is 5.82. The van der Waals surface area contributed by atoms with Crippen molar-refractivity contribution in [3.8, 4) is 0 Å². The molecule has 0 aliphatic carbocycles. The van der Waals surface area contributed by atoms with Gasteiger partial charge in [-0.05, 0) is 44.5 Å². The number of amidine groups is 1. The van der Waals surface area contributed by atoms with Crippen LogP contribution in [-0.2, 0) is 5.67 Å². The number of amides is 1. The van der Waals surface area contributed by atoms with Crippen molar-refractivity contribution in [2.24, 2.45) is 4.99 Å². The molecule has 11 heteroatoms. The number of anilines is 1. The Labute approximate surface area is 183 Å². The molecule has 1 aliphatic heterocycles. The van der Waals surface area contributed by atoms with Crippen LogP contribution >= 0.6 is 11.6 Å². The van der Waals surface area contributed by atoms with Crippen molar-refractivity contribution in [3.05, 3.63) is 63.7 Å². The third-order valence-electron chi connectivity index (χ3n) is 4.88. The van der Waals surface area contributed by atoms with E-state index >= 15 is 0 Å². The van der Waals surface area contributed by atoms with Crippen molar-refractivity contribution in [2.75, 3.05) is 4.90 Å². The number of nitrogens with zero attached hydrogens (tertiary/aromatic N) is 2. The van der Waals surface area contributed by atoms with Gasteiger partial charge < -0.3 is 0 Å². The van der Waals surface area contributed by atoms with Gasteiger partial charge in [-0.15, -0.1) is 0 Å². The number of aryl methyl sites for hydroxylation is 1. The van der Waals surface area contributed by atoms with Crippen molar-refractivity contribution in [1.82, 2.24) is 0 Å². The predicted octanol–water partition coefficient (Wildman–Crippen LogP) is 6.75. The maximum absolute atomic E-state index is 14.4. The van der Waals surface area contributed by atoms with Crippen LogP contribution in [0.15, 0.2) is 41.4 Å². The second-order valence-corrected chi connectivity index (χ2v) is 7.91. The molecule has 3 rings (SSSR count). The summed E-state index contributed by atoms with van der Waals surface area (Å²) in [5, 5.41) is 0.198. The molecule has 3 nitrogen and oxygen atoms in total. The molecule has 1 heterocycles. The summed E-state index contributed by atoms with van der Waals surface area (Å²) in [6.07, 6.45) is -12.5. The maximum Gasteiger partial charge on any atom is 0.435 e. The van der Waals surface area contributed by atoms with Crippen LogP contribution in [0.2, 0.25) is 5.02 Å². The quantitative estimate of drug-likeness (QED) is 0.447. The molecular weight excluding hydrogens is 465 g/mol. The van der Waals surface area contributed by atoms with Crippen LogP contribution in [0.5, 0.6) is 0 Å². The number of carbonyl (C=O) groups excluding carboxylic acids is 1. The van der Waals surface area contributed by atoms with Gasteiger partial charge in [0.2, 0.25) is 0 Å². The van der Waals surface area contributed by atoms with Gasteiger partial charge in [0.15, 0.2) is 0 Å². The molecule has 2 aromatic rings. The zero-order chi connectivity index (χ0) is 24.2. The van der Waals surface area contributed by atoms with E-state index in [0.717, 1.165) is 11.0 Å². The lowest BCUT2D eigenvalue weighted by molar-refractivity contribution is -0.348. The average molecular weight is 481 g/mol. The molecular formula is C21H16ClF7N2O. The zero-order valence-electron chi connectivity index (χ0n) is 16.9. The largest absolute Gasteiger partial charge is 0.435 e. The first-order valence-corrected chi connectivity index (χ1v) is 9.63. The summed E-state index contributed by atoms with van der Waals surface area (Å²) in [6, 6.07) is 5.83. The van der Waals surface area contributed by atoms with Gasteiger partial charge in [0.25, 0.3) is 5.91 Å². The van der Waals surface area contributed by atoms with Gasteiger partial charge in [-0.3, -0.25) is 14.7 Å². The van der Waals surface area contributed by atoms with Crippen molar-refractivity contribution in [1.29, 1.82) is 0 Å². The Balaban J connectivity index is 2.20. The molecule has 1 aliphatic rings. The highest BCUT2D eigenvalue weighted by molar-refractivity contribution is 6.43. The number of hydrogen-bond donors (Lipinski definition) is 0. The summed E-state index contributed by atoms with van der Waals surface area (Å²) < 4.78 is 93.2. The van der Waals surface area contributed by atoms with Gasteiger partial charge in [-0.25, -0.2) is 4.39 Å². The van der Waals surface area contributed by atoms with Gasteiger partial charge >= 0.3 is 18.0 Å². The fraction of sp³-hybridized carbons (Fsp3) is 0.333. The first-order chi connectivity index (χ1) is 14.6. The average Bonchev–Trinajstić information content (AvgIpc) is 2.92. The lowest BCUT2D eigenvalue weighted by Crippen LogP contribution is -2.50. The molecule has 1 amide bonds. The van der Waals surface area contributed by atoms with Gasteiger partial charge in [-0.1, -0.05) is 29.8 Å². The molecule has 172 valence electrons. The minimum atomic E-state index is -6.24. The number of aliphatic imine (C=N–C) groups is 1. The molecule has 0 saturated carbocycles. The number of alkyl halides is 7. The van der Waals surface area contributed by atoms with E-state index in [1.165, 1.54) is 25.1 Å². The van der Waals surface area contributed by atoms with Crippen molar-refractivity contribution in [2.45, 2.75) is 44.8 Å². The number of fused-ring (bicyclic) bond motifs is 1. The van der Waals surface area contributed by atoms with E-state index in [1.54, 1.807) is 13.8 Å². The van der Waals surface area contributed by atoms with Gasteiger partial charge in [-0.2, -0.15) is 26.3 Å². The monoisotopic (exact) mass is 480 g/mol. The molecule has 0 N–H and O–H groups in total. The molecule has 0 spiro atoms. The molecule has 0 fully saturated rings. The molecule has 0 bridgehead atoms. The van der Waals surface area contributed by atoms with E-state index in [4.69, 9.17) is 11.6 Å². The van der Waals surface area contributed by atoms with Crippen LogP contribution < -0.4 is 4.90 Å². The van der Waals surface area contributed by atoms with Crippen LogP contribution in [-0.4, -0.2) is 30.1 Å². The van der Waals surface area contributed by atoms with E-state index in [9.17, 15) is 35.5 Å². The highest BCUT2D eigenvalue weighted by atomic mass is 35.5. The molecule has 0 atom stereocenters. The van der Waals surface area contributed by atoms with E-state index in [2.05, 4.69) is 4.99 Å². The SMILES string of the molecule is Cc1cc(C(F)(C(F)(F)F)C(F)(F)F)ccc1N1C(=O)c2cccc(Cl)c2/C1=N\C(C)C. The van der Waals surface area contributed by atoms with Crippen molar-refractivity contribution >= 4 is 29.0 Å². The third-order valence-corrected chi connectivity index (χ3v) is 5.19. The smallest absolute Gasteiger partial charge is 0.268 e. The Hall–Kier alpha value is -2.62. The number of carbonyl (C=O) groups is 1. The van der Waals surface area contributed by atoms with Gasteiger partial charge in [0, 0.05) is 17.2 Å². The number of benzene rings is 2. The zero-order valence-corrected chi connectivity index (χ0v) is 17.6. The minimum absolute atomic E-state index is 0.0443. The first-order valence-electron chi connectivity index (χ1n) is 9.26. The summed E-state index contributed by atoms with van der Waals surface area (Å²) in [5.74, 6) is -0.518. The fourth-order valence-electron chi connectivity index (χ4n) is 3.46. The van der Waals surface area contributed by atoms with Crippen LogP contribution in [0.1, 0.15) is 40.9 Å². The van der Waals surface area contributed by atoms with E-state index in [1.807, 2.05) is 0 Å². The Morgan fingerprint density at radius 2 is 1.56 bits per heavy atom. The van der Waals surface area contributed by atoms with E-state index < -0.39 is 29.5 Å². The summed E-state index contributed by atoms with van der Waals surface area (Å²) in [5.41, 5.74) is -6.97. The van der Waals surface area contributed by atoms with Crippen LogP contribution in [0.3, 0.4) is 0 Å². The minimum Gasteiger partial charge on any atom is -0.268 e. The molecule has 2 aromatic carbocycles. The Morgan fingerprint density at radius 3 is 2.06 bits per heavy atom. The normalized spacial score (nSPS) is 16.3. The molecule has 0 radical (unpaired) electrons. The van der Waals surface area contributed by atoms with Crippen LogP contribution in [0, 0.1) is 6.92 Å². The van der Waals surface area contributed by atoms with Crippen molar-refractivity contribution in [3.63, 3.8) is 0 Å². The summed E-state index contributed by atoms with van der Waals surface area (Å²) in [6.45, 7) is 4.60. The van der Waals surface area contributed by atoms with Gasteiger partial charge in [0.05, 0.1) is 16.3 Å². The summed E-state index contributed by atoms with van der Waals surface area (Å²) in [7, 11) is 0. The van der Waals surface area contributed by atoms with Crippen LogP contribution in [0.4, 0.5) is 36.4 Å². The lowest BCUT2D eigenvalue weighted by Gasteiger charge is -2.31. The topological polar surface area (TPSA) is 32.7 Å². The molecule has 32 heavy (non-hydrogen) atoms. The predicted molar refractivity (Wildman–Crippen MR) is 106 cm³/mol. The van der Waals surface area contributed by atoms with Crippen LogP contribution in [0.25, 0.3) is 0 Å². The number of rotatable bonds is 3. The Morgan fingerprint density at radius 1 is 0.969 bits per heavy atom. The molecule has 0 aromatic heterocycles. The molecule has 0 saturated heterocycles. The summed E-state index contributed by atoms with van der Waals surface area (Å²) in [4.78, 5) is 18.5. The second-order valence-electron chi connectivity index (χ2n) is 7.50. The number of hydrogen-bond acceptors (Lipinski definition) is 2. The maximum atomic E-state index is 14.4. The highest BCUT2D eigenvalue weighted by Crippen LogP contribution is 2.53. The van der Waals surface area contributed by atoms with Crippen molar-refractivity contribution < 1.29 is 35.5 Å². The van der Waals surface area contributed by atoms with E-state index in [0.29, 0.717) is 17.7 Å². The fourth-order valence-corrected chi connectivity index (χ4v) is 3.72. The number of halogens is 8. The highest BCUT2D eigenvalue weighted by Gasteiger charge is 2.73.